The molecule has 2 aliphatic heterocycles. The Morgan fingerprint density at radius 1 is 1.09 bits per heavy atom. The van der Waals surface area contributed by atoms with Crippen molar-refractivity contribution in [3.8, 4) is 0 Å². The van der Waals surface area contributed by atoms with Crippen LogP contribution in [-0.4, -0.2) is 61.7 Å². The number of piperazine rings is 1. The second kappa shape index (κ2) is 12.0. The van der Waals surface area contributed by atoms with Crippen LogP contribution in [-0.2, 0) is 11.3 Å². The minimum absolute atomic E-state index is 0. The molecule has 2 aliphatic rings. The molecule has 1 unspecified atom stereocenters. The summed E-state index contributed by atoms with van der Waals surface area (Å²) in [4.78, 5) is 20.1. The van der Waals surface area contributed by atoms with Gasteiger partial charge in [-0.15, -0.1) is 24.0 Å². The van der Waals surface area contributed by atoms with Crippen LogP contribution in [0.2, 0.25) is 0 Å². The number of hydrogen-bond donors (Lipinski definition) is 1. The molecule has 172 valence electrons. The number of ether oxygens (including phenoxy) is 1. The Morgan fingerprint density at radius 3 is 2.44 bits per heavy atom. The first-order valence-electron chi connectivity index (χ1n) is 10.8. The molecule has 2 heterocycles. The summed E-state index contributed by atoms with van der Waals surface area (Å²) >= 11 is 0. The van der Waals surface area contributed by atoms with Gasteiger partial charge in [-0.1, -0.05) is 30.3 Å². The lowest BCUT2D eigenvalue weighted by atomic mass is 10.1. The fourth-order valence-electron chi connectivity index (χ4n) is 3.95. The van der Waals surface area contributed by atoms with Crippen molar-refractivity contribution in [1.29, 1.82) is 0 Å². The highest BCUT2D eigenvalue weighted by Crippen LogP contribution is 2.17. The van der Waals surface area contributed by atoms with Crippen molar-refractivity contribution >= 4 is 41.3 Å². The maximum absolute atomic E-state index is 10.9. The minimum atomic E-state index is -0.379. The third-order valence-electron chi connectivity index (χ3n) is 5.83. The van der Waals surface area contributed by atoms with Gasteiger partial charge >= 0.3 is 0 Å². The van der Waals surface area contributed by atoms with Crippen molar-refractivity contribution < 1.29 is 9.66 Å². The maximum atomic E-state index is 10.9. The van der Waals surface area contributed by atoms with Crippen molar-refractivity contribution in [1.82, 2.24) is 10.2 Å². The molecule has 32 heavy (non-hydrogen) atoms. The Bertz CT molecular complexity index is 880. The first-order chi connectivity index (χ1) is 15.2. The third-order valence-corrected chi connectivity index (χ3v) is 5.83. The second-order valence-corrected chi connectivity index (χ2v) is 7.98. The number of halogens is 1. The van der Waals surface area contributed by atoms with Crippen molar-refractivity contribution in [3.05, 3.63) is 70.3 Å². The summed E-state index contributed by atoms with van der Waals surface area (Å²) in [6.07, 6.45) is 1.07. The monoisotopic (exact) mass is 551 g/mol. The second-order valence-electron chi connectivity index (χ2n) is 7.98. The van der Waals surface area contributed by atoms with Gasteiger partial charge in [0.05, 0.1) is 18.1 Å². The average Bonchev–Trinajstić information content (AvgIpc) is 3.34. The fourth-order valence-corrected chi connectivity index (χ4v) is 3.95. The van der Waals surface area contributed by atoms with E-state index in [0.717, 1.165) is 63.9 Å². The van der Waals surface area contributed by atoms with Gasteiger partial charge in [-0.25, -0.2) is 4.99 Å². The number of benzene rings is 2. The van der Waals surface area contributed by atoms with Crippen LogP contribution in [0.1, 0.15) is 12.0 Å². The molecule has 0 amide bonds. The number of guanidine groups is 1. The highest BCUT2D eigenvalue weighted by atomic mass is 127. The van der Waals surface area contributed by atoms with Gasteiger partial charge in [-0.3, -0.25) is 10.1 Å². The van der Waals surface area contributed by atoms with E-state index in [1.807, 2.05) is 6.07 Å². The summed E-state index contributed by atoms with van der Waals surface area (Å²) in [7, 11) is 0. The maximum Gasteiger partial charge on any atom is 0.269 e. The molecule has 1 N–H and O–H groups in total. The fraction of sp³-hybridized carbons (Fsp3) is 0.435. The van der Waals surface area contributed by atoms with Gasteiger partial charge in [0.25, 0.3) is 5.69 Å². The molecule has 2 aromatic carbocycles. The molecule has 2 saturated heterocycles. The normalized spacial score (nSPS) is 18.9. The zero-order valence-electron chi connectivity index (χ0n) is 18.1. The van der Waals surface area contributed by atoms with Crippen molar-refractivity contribution in [2.24, 2.45) is 10.9 Å². The highest BCUT2D eigenvalue weighted by Gasteiger charge is 2.22. The van der Waals surface area contributed by atoms with Gasteiger partial charge in [0, 0.05) is 63.1 Å². The van der Waals surface area contributed by atoms with E-state index >= 15 is 0 Å². The molecule has 1 atom stereocenters. The van der Waals surface area contributed by atoms with E-state index < -0.39 is 0 Å². The summed E-state index contributed by atoms with van der Waals surface area (Å²) < 4.78 is 5.50. The minimum Gasteiger partial charge on any atom is -0.381 e. The van der Waals surface area contributed by atoms with E-state index in [0.29, 0.717) is 12.5 Å². The third kappa shape index (κ3) is 6.55. The zero-order chi connectivity index (χ0) is 21.5. The summed E-state index contributed by atoms with van der Waals surface area (Å²) in [5.41, 5.74) is 2.31. The van der Waals surface area contributed by atoms with Gasteiger partial charge in [0.15, 0.2) is 5.96 Å². The summed E-state index contributed by atoms with van der Waals surface area (Å²) in [6.45, 7) is 6.62. The number of para-hydroxylation sites is 1. The molecule has 0 saturated carbocycles. The lowest BCUT2D eigenvalue weighted by Crippen LogP contribution is -2.53. The largest absolute Gasteiger partial charge is 0.381 e. The lowest BCUT2D eigenvalue weighted by molar-refractivity contribution is -0.384. The number of nitro benzene ring substituents is 1. The summed E-state index contributed by atoms with van der Waals surface area (Å²) in [5.74, 6) is 1.41. The Hall–Kier alpha value is -2.40. The number of aliphatic imine (C=N–C) groups is 1. The average molecular weight is 551 g/mol. The molecule has 0 aromatic heterocycles. The molecule has 0 aliphatic carbocycles. The zero-order valence-corrected chi connectivity index (χ0v) is 20.4. The van der Waals surface area contributed by atoms with Gasteiger partial charge in [0.2, 0.25) is 0 Å². The molecule has 8 nitrogen and oxygen atoms in total. The van der Waals surface area contributed by atoms with Crippen LogP contribution < -0.4 is 10.2 Å². The predicted molar refractivity (Wildman–Crippen MR) is 137 cm³/mol. The number of rotatable bonds is 6. The Balaban J connectivity index is 0.00000289. The van der Waals surface area contributed by atoms with Crippen molar-refractivity contribution in [2.45, 2.75) is 13.0 Å². The van der Waals surface area contributed by atoms with Crippen LogP contribution in [0.25, 0.3) is 0 Å². The Morgan fingerprint density at radius 2 is 1.81 bits per heavy atom. The van der Waals surface area contributed by atoms with Crippen LogP contribution in [0.5, 0.6) is 0 Å². The molecule has 9 heteroatoms. The van der Waals surface area contributed by atoms with Gasteiger partial charge in [-0.2, -0.15) is 0 Å². The molecular weight excluding hydrogens is 521 g/mol. The van der Waals surface area contributed by atoms with Crippen LogP contribution in [0, 0.1) is 16.0 Å². The quantitative estimate of drug-likeness (QED) is 0.195. The standard InChI is InChI=1S/C23H29N5O3.HI/c29-28(30)22-8-6-19(7-9-22)16-24-23(25-17-20-10-15-31-18-20)27-13-11-26(12-14-27)21-4-2-1-3-5-21;/h1-9,20H,10-18H2,(H,24,25);1H. The number of non-ortho nitro benzene ring substituents is 1. The molecule has 2 fully saturated rings. The first kappa shape index (κ1) is 24.2. The topological polar surface area (TPSA) is 83.2 Å². The Kier molecular flexibility index (Phi) is 9.10. The van der Waals surface area contributed by atoms with Crippen LogP contribution >= 0.6 is 24.0 Å². The number of nitrogens with zero attached hydrogens (tertiary/aromatic N) is 4. The number of nitrogens with one attached hydrogen (secondary N) is 1. The Labute approximate surface area is 205 Å². The van der Waals surface area contributed by atoms with Crippen LogP contribution in [0.3, 0.4) is 0 Å². The van der Waals surface area contributed by atoms with Crippen molar-refractivity contribution in [3.63, 3.8) is 0 Å². The molecular formula is C23H30IN5O3. The van der Waals surface area contributed by atoms with E-state index in [2.05, 4.69) is 39.4 Å². The van der Waals surface area contributed by atoms with Crippen LogP contribution in [0.15, 0.2) is 59.6 Å². The number of nitro groups is 1. The molecule has 2 aromatic rings. The van der Waals surface area contributed by atoms with Crippen molar-refractivity contribution in [2.75, 3.05) is 50.8 Å². The number of anilines is 1. The predicted octanol–water partition coefficient (Wildman–Crippen LogP) is 3.52. The lowest BCUT2D eigenvalue weighted by Gasteiger charge is -2.38. The molecule has 0 bridgehead atoms. The molecule has 4 rings (SSSR count). The van der Waals surface area contributed by atoms with Gasteiger partial charge < -0.3 is 19.9 Å². The van der Waals surface area contributed by atoms with E-state index in [-0.39, 0.29) is 34.6 Å². The summed E-state index contributed by atoms with van der Waals surface area (Å²) in [5, 5.41) is 14.4. The van der Waals surface area contributed by atoms with E-state index in [1.54, 1.807) is 12.1 Å². The highest BCUT2D eigenvalue weighted by molar-refractivity contribution is 14.0. The van der Waals surface area contributed by atoms with E-state index in [4.69, 9.17) is 9.73 Å². The SMILES string of the molecule is I.O=[N+]([O-])c1ccc(CN=C(NCC2CCOC2)N2CCN(c3ccccc3)CC2)cc1. The summed E-state index contributed by atoms with van der Waals surface area (Å²) in [6, 6.07) is 17.1. The van der Waals surface area contributed by atoms with E-state index in [1.165, 1.54) is 17.8 Å². The van der Waals surface area contributed by atoms with Gasteiger partial charge in [-0.05, 0) is 24.1 Å². The molecule has 0 spiro atoms. The number of hydrogen-bond acceptors (Lipinski definition) is 5. The first-order valence-corrected chi connectivity index (χ1v) is 10.8. The van der Waals surface area contributed by atoms with Crippen LogP contribution in [0.4, 0.5) is 11.4 Å². The van der Waals surface area contributed by atoms with E-state index in [9.17, 15) is 10.1 Å². The molecule has 0 radical (unpaired) electrons. The smallest absolute Gasteiger partial charge is 0.269 e. The van der Waals surface area contributed by atoms with Gasteiger partial charge in [0.1, 0.15) is 0 Å².